The highest BCUT2D eigenvalue weighted by Gasteiger charge is 2.30. The molecule has 116 valence electrons. The van der Waals surface area contributed by atoms with E-state index in [1.54, 1.807) is 7.05 Å². The Balaban J connectivity index is 2.08. The van der Waals surface area contributed by atoms with Crippen LogP contribution < -0.4 is 4.90 Å². The molecule has 0 unspecified atom stereocenters. The molecule has 0 aliphatic heterocycles. The van der Waals surface area contributed by atoms with Crippen LogP contribution in [0.5, 0.6) is 0 Å². The number of likely N-dealkylation sites (N-methyl/N-ethyl adjacent to an activating group) is 1. The molecule has 0 saturated heterocycles. The maximum atomic E-state index is 12.5. The van der Waals surface area contributed by atoms with Gasteiger partial charge in [0.2, 0.25) is 5.91 Å². The van der Waals surface area contributed by atoms with Crippen LogP contribution >= 0.6 is 0 Å². The highest BCUT2D eigenvalue weighted by Crippen LogP contribution is 2.29. The van der Waals surface area contributed by atoms with Crippen molar-refractivity contribution in [1.29, 1.82) is 0 Å². The Morgan fingerprint density at radius 3 is 2.27 bits per heavy atom. The highest BCUT2D eigenvalue weighted by atomic mass is 19.4. The number of anilines is 1. The molecule has 2 nitrogen and oxygen atoms in total. The molecule has 0 radical (unpaired) electrons. The smallest absolute Gasteiger partial charge is 0.315 e. The summed E-state index contributed by atoms with van der Waals surface area (Å²) in [5.74, 6) is -0.176. The molecule has 22 heavy (non-hydrogen) atoms. The summed E-state index contributed by atoms with van der Waals surface area (Å²) in [5, 5.41) is 0. The molecule has 5 heteroatoms. The van der Waals surface area contributed by atoms with Crippen molar-refractivity contribution in [3.8, 4) is 0 Å². The zero-order chi connectivity index (χ0) is 16.3. The van der Waals surface area contributed by atoms with E-state index in [9.17, 15) is 18.0 Å². The van der Waals surface area contributed by atoms with Gasteiger partial charge in [0.15, 0.2) is 0 Å². The first-order valence-corrected chi connectivity index (χ1v) is 6.77. The predicted molar refractivity (Wildman–Crippen MR) is 79.7 cm³/mol. The Labute approximate surface area is 127 Å². The van der Waals surface area contributed by atoms with Crippen LogP contribution in [0.4, 0.5) is 18.9 Å². The van der Waals surface area contributed by atoms with E-state index in [1.165, 1.54) is 17.0 Å². The lowest BCUT2D eigenvalue weighted by molar-refractivity contribution is -0.137. The molecule has 2 aromatic rings. The van der Waals surface area contributed by atoms with Gasteiger partial charge in [0.1, 0.15) is 0 Å². The minimum absolute atomic E-state index is 0.0581. The fourth-order valence-electron chi connectivity index (χ4n) is 2.09. The summed E-state index contributed by atoms with van der Waals surface area (Å²) < 4.78 is 37.5. The van der Waals surface area contributed by atoms with Crippen molar-refractivity contribution in [3.63, 3.8) is 0 Å². The molecule has 0 aliphatic rings. The molecule has 0 aliphatic carbocycles. The molecule has 1 amide bonds. The highest BCUT2D eigenvalue weighted by molar-refractivity contribution is 5.94. The zero-order valence-corrected chi connectivity index (χ0v) is 12.3. The van der Waals surface area contributed by atoms with Gasteiger partial charge in [0, 0.05) is 12.7 Å². The monoisotopic (exact) mass is 307 g/mol. The Morgan fingerprint density at radius 1 is 1.09 bits per heavy atom. The fourth-order valence-corrected chi connectivity index (χ4v) is 2.09. The summed E-state index contributed by atoms with van der Waals surface area (Å²) in [6.07, 6.45) is -4.30. The number of rotatable bonds is 3. The molecular formula is C17H16F3NO. The molecule has 0 bridgehead atoms. The molecule has 0 saturated carbocycles. The van der Waals surface area contributed by atoms with Crippen LogP contribution in [0.25, 0.3) is 0 Å². The van der Waals surface area contributed by atoms with E-state index in [1.807, 2.05) is 31.2 Å². The Bertz CT molecular complexity index is 662. The number of benzene rings is 2. The number of amides is 1. The summed E-state index contributed by atoms with van der Waals surface area (Å²) in [5.41, 5.74) is 1.64. The Morgan fingerprint density at radius 2 is 1.73 bits per heavy atom. The van der Waals surface area contributed by atoms with Gasteiger partial charge in [0.25, 0.3) is 0 Å². The normalized spacial score (nSPS) is 11.3. The molecule has 0 spiro atoms. The summed E-state index contributed by atoms with van der Waals surface area (Å²) in [7, 11) is 1.65. The Kier molecular flexibility index (Phi) is 4.54. The second kappa shape index (κ2) is 6.22. The minimum atomic E-state index is -4.36. The molecule has 0 heterocycles. The number of carbonyl (C=O) groups is 1. The van der Waals surface area contributed by atoms with E-state index in [0.29, 0.717) is 5.56 Å². The van der Waals surface area contributed by atoms with Gasteiger partial charge in [-0.15, -0.1) is 0 Å². The van der Waals surface area contributed by atoms with Gasteiger partial charge in [-0.3, -0.25) is 4.79 Å². The van der Waals surface area contributed by atoms with Crippen LogP contribution in [0.3, 0.4) is 0 Å². The van der Waals surface area contributed by atoms with E-state index in [0.717, 1.165) is 23.4 Å². The summed E-state index contributed by atoms with van der Waals surface area (Å²) in [6, 6.07) is 12.1. The van der Waals surface area contributed by atoms with Crippen molar-refractivity contribution in [2.24, 2.45) is 0 Å². The number of hydrogen-bond donors (Lipinski definition) is 0. The maximum absolute atomic E-state index is 12.5. The molecule has 0 fully saturated rings. The van der Waals surface area contributed by atoms with Crippen molar-refractivity contribution in [1.82, 2.24) is 0 Å². The predicted octanol–water partition coefficient (Wildman–Crippen LogP) is 4.22. The Hall–Kier alpha value is -2.30. The summed E-state index contributed by atoms with van der Waals surface area (Å²) in [6.45, 7) is 1.93. The van der Waals surface area contributed by atoms with Crippen molar-refractivity contribution in [2.75, 3.05) is 11.9 Å². The fraction of sp³-hybridized carbons (Fsp3) is 0.235. The van der Waals surface area contributed by atoms with Gasteiger partial charge < -0.3 is 4.90 Å². The molecular weight excluding hydrogens is 291 g/mol. The van der Waals surface area contributed by atoms with E-state index in [4.69, 9.17) is 0 Å². The van der Waals surface area contributed by atoms with Gasteiger partial charge in [-0.25, -0.2) is 0 Å². The van der Waals surface area contributed by atoms with E-state index >= 15 is 0 Å². The molecule has 2 aromatic carbocycles. The lowest BCUT2D eigenvalue weighted by atomic mass is 10.1. The van der Waals surface area contributed by atoms with Gasteiger partial charge in [-0.05, 0) is 42.3 Å². The van der Waals surface area contributed by atoms with E-state index in [2.05, 4.69) is 0 Å². The van der Waals surface area contributed by atoms with Crippen LogP contribution in [-0.2, 0) is 17.4 Å². The van der Waals surface area contributed by atoms with Crippen molar-refractivity contribution in [2.45, 2.75) is 19.5 Å². The molecule has 0 aromatic heterocycles. The number of halogens is 3. The van der Waals surface area contributed by atoms with Gasteiger partial charge >= 0.3 is 6.18 Å². The first kappa shape index (κ1) is 16.1. The van der Waals surface area contributed by atoms with Crippen molar-refractivity contribution < 1.29 is 18.0 Å². The van der Waals surface area contributed by atoms with Crippen LogP contribution in [0, 0.1) is 6.92 Å². The number of aryl methyl sites for hydroxylation is 1. The third kappa shape index (κ3) is 3.87. The van der Waals surface area contributed by atoms with Crippen molar-refractivity contribution >= 4 is 11.6 Å². The van der Waals surface area contributed by atoms with Gasteiger partial charge in [-0.1, -0.05) is 24.3 Å². The topological polar surface area (TPSA) is 20.3 Å². The summed E-state index contributed by atoms with van der Waals surface area (Å²) >= 11 is 0. The number of alkyl halides is 3. The lowest BCUT2D eigenvalue weighted by Gasteiger charge is -2.18. The average Bonchev–Trinajstić information content (AvgIpc) is 2.46. The quantitative estimate of drug-likeness (QED) is 0.831. The second-order valence-electron chi connectivity index (χ2n) is 5.16. The number of nitrogens with zero attached hydrogens (tertiary/aromatic N) is 1. The lowest BCUT2D eigenvalue weighted by Crippen LogP contribution is -2.27. The standard InChI is InChI=1S/C17H16F3NO/c1-12-4-3-5-15(10-12)21(2)16(22)11-13-6-8-14(9-7-13)17(18,19)20/h3-10H,11H2,1-2H3. The van der Waals surface area contributed by atoms with Crippen LogP contribution in [-0.4, -0.2) is 13.0 Å². The van der Waals surface area contributed by atoms with Crippen LogP contribution in [0.2, 0.25) is 0 Å². The minimum Gasteiger partial charge on any atom is -0.315 e. The third-order valence-corrected chi connectivity index (χ3v) is 3.40. The van der Waals surface area contributed by atoms with E-state index < -0.39 is 11.7 Å². The first-order valence-electron chi connectivity index (χ1n) is 6.77. The first-order chi connectivity index (χ1) is 10.3. The number of carbonyl (C=O) groups excluding carboxylic acids is 1. The van der Waals surface area contributed by atoms with Gasteiger partial charge in [-0.2, -0.15) is 13.2 Å². The molecule has 0 atom stereocenters. The maximum Gasteiger partial charge on any atom is 0.416 e. The van der Waals surface area contributed by atoms with Crippen molar-refractivity contribution in [3.05, 3.63) is 65.2 Å². The zero-order valence-electron chi connectivity index (χ0n) is 12.3. The summed E-state index contributed by atoms with van der Waals surface area (Å²) in [4.78, 5) is 13.7. The SMILES string of the molecule is Cc1cccc(N(C)C(=O)Cc2ccc(C(F)(F)F)cc2)c1. The molecule has 2 rings (SSSR count). The molecule has 0 N–H and O–H groups in total. The van der Waals surface area contributed by atoms with Crippen LogP contribution in [0.15, 0.2) is 48.5 Å². The third-order valence-electron chi connectivity index (χ3n) is 3.40. The van der Waals surface area contributed by atoms with Gasteiger partial charge in [0.05, 0.1) is 12.0 Å². The second-order valence-corrected chi connectivity index (χ2v) is 5.16. The van der Waals surface area contributed by atoms with Crippen LogP contribution in [0.1, 0.15) is 16.7 Å². The largest absolute Gasteiger partial charge is 0.416 e. The average molecular weight is 307 g/mol. The van der Waals surface area contributed by atoms with E-state index in [-0.39, 0.29) is 12.3 Å². The number of hydrogen-bond acceptors (Lipinski definition) is 1.